The van der Waals surface area contributed by atoms with Crippen LogP contribution in [0.5, 0.6) is 0 Å². The van der Waals surface area contributed by atoms with Crippen LogP contribution < -0.4 is 16.0 Å². The zero-order valence-electron chi connectivity index (χ0n) is 18.0. The van der Waals surface area contributed by atoms with E-state index in [9.17, 15) is 14.4 Å². The number of hydrogen-bond donors (Lipinski definition) is 3. The quantitative estimate of drug-likeness (QED) is 0.512. The number of benzene rings is 3. The predicted octanol–water partition coefficient (Wildman–Crippen LogP) is 5.09. The number of carbonyl (C=O) groups excluding carboxylic acids is 3. The third-order valence-electron chi connectivity index (χ3n) is 5.64. The highest BCUT2D eigenvalue weighted by Crippen LogP contribution is 2.38. The highest BCUT2D eigenvalue weighted by Gasteiger charge is 2.39. The fourth-order valence-electron chi connectivity index (χ4n) is 3.45. The molecule has 3 aromatic carbocycles. The van der Waals surface area contributed by atoms with Gasteiger partial charge < -0.3 is 16.0 Å². The van der Waals surface area contributed by atoms with Crippen LogP contribution in [-0.2, 0) is 4.79 Å². The van der Waals surface area contributed by atoms with Gasteiger partial charge in [-0.3, -0.25) is 14.4 Å². The van der Waals surface area contributed by atoms with Crippen LogP contribution in [0.4, 0.5) is 17.1 Å². The smallest absolute Gasteiger partial charge is 0.255 e. The molecule has 3 N–H and O–H groups in total. The summed E-state index contributed by atoms with van der Waals surface area (Å²) in [5.74, 6) is 0.0742. The van der Waals surface area contributed by atoms with Gasteiger partial charge in [0, 0.05) is 34.1 Å². The number of carbonyl (C=O) groups is 3. The number of anilines is 3. The molecule has 1 aliphatic rings. The Morgan fingerprint density at radius 2 is 1.34 bits per heavy atom. The van der Waals surface area contributed by atoms with Gasteiger partial charge in [-0.15, -0.1) is 0 Å². The Balaban J connectivity index is 1.40. The van der Waals surface area contributed by atoms with Crippen LogP contribution >= 0.6 is 0 Å². The SMILES string of the molecule is Cc1ccc(NC(=O)c2ccccc2)cc1NC(=O)c1ccc(NC(=O)[C@@H]2C[C@@H]2C)cc1. The van der Waals surface area contributed by atoms with Gasteiger partial charge in [0.05, 0.1) is 0 Å². The lowest BCUT2D eigenvalue weighted by molar-refractivity contribution is -0.117. The first-order valence-corrected chi connectivity index (χ1v) is 10.6. The maximum Gasteiger partial charge on any atom is 0.255 e. The topological polar surface area (TPSA) is 87.3 Å². The number of rotatable bonds is 6. The molecule has 0 bridgehead atoms. The van der Waals surface area contributed by atoms with E-state index in [0.717, 1.165) is 12.0 Å². The minimum absolute atomic E-state index is 0.0275. The molecule has 0 saturated heterocycles. The van der Waals surface area contributed by atoms with Crippen LogP contribution in [0.2, 0.25) is 0 Å². The molecule has 1 aliphatic carbocycles. The summed E-state index contributed by atoms with van der Waals surface area (Å²) in [7, 11) is 0. The van der Waals surface area contributed by atoms with Crippen molar-refractivity contribution in [2.75, 3.05) is 16.0 Å². The summed E-state index contributed by atoms with van der Waals surface area (Å²) in [6.07, 6.45) is 0.927. The minimum atomic E-state index is -0.270. The number of amides is 3. The Hall–Kier alpha value is -3.93. The molecule has 2 atom stereocenters. The van der Waals surface area contributed by atoms with Crippen molar-refractivity contribution in [2.24, 2.45) is 11.8 Å². The second kappa shape index (κ2) is 9.06. The van der Waals surface area contributed by atoms with Crippen molar-refractivity contribution in [3.05, 3.63) is 89.5 Å². The van der Waals surface area contributed by atoms with Crippen LogP contribution in [-0.4, -0.2) is 17.7 Å². The van der Waals surface area contributed by atoms with Crippen molar-refractivity contribution < 1.29 is 14.4 Å². The van der Waals surface area contributed by atoms with Crippen molar-refractivity contribution in [1.29, 1.82) is 0 Å². The van der Waals surface area contributed by atoms with Crippen LogP contribution in [0.1, 0.15) is 39.6 Å². The van der Waals surface area contributed by atoms with E-state index < -0.39 is 0 Å². The summed E-state index contributed by atoms with van der Waals surface area (Å²) in [5.41, 5.74) is 3.78. The van der Waals surface area contributed by atoms with Crippen LogP contribution in [0.3, 0.4) is 0 Å². The van der Waals surface area contributed by atoms with E-state index in [-0.39, 0.29) is 23.6 Å². The Kier molecular flexibility index (Phi) is 6.03. The normalized spacial score (nSPS) is 16.7. The molecule has 0 aliphatic heterocycles. The molecule has 0 aromatic heterocycles. The molecular weight excluding hydrogens is 402 g/mol. The van der Waals surface area contributed by atoms with Crippen molar-refractivity contribution in [1.82, 2.24) is 0 Å². The Labute approximate surface area is 187 Å². The summed E-state index contributed by atoms with van der Waals surface area (Å²) >= 11 is 0. The molecule has 6 heteroatoms. The zero-order valence-corrected chi connectivity index (χ0v) is 18.0. The van der Waals surface area contributed by atoms with Gasteiger partial charge in [0.1, 0.15) is 0 Å². The second-order valence-electron chi connectivity index (χ2n) is 8.19. The Morgan fingerprint density at radius 1 is 0.750 bits per heavy atom. The Morgan fingerprint density at radius 3 is 2.00 bits per heavy atom. The zero-order chi connectivity index (χ0) is 22.7. The van der Waals surface area contributed by atoms with E-state index >= 15 is 0 Å². The minimum Gasteiger partial charge on any atom is -0.326 e. The molecule has 0 unspecified atom stereocenters. The highest BCUT2D eigenvalue weighted by atomic mass is 16.2. The van der Waals surface area contributed by atoms with Gasteiger partial charge in [0.15, 0.2) is 0 Å². The molecule has 3 amide bonds. The summed E-state index contributed by atoms with van der Waals surface area (Å²) in [6, 6.07) is 21.1. The lowest BCUT2D eigenvalue weighted by atomic mass is 10.1. The monoisotopic (exact) mass is 427 g/mol. The summed E-state index contributed by atoms with van der Waals surface area (Å²) in [6.45, 7) is 3.94. The Bertz CT molecular complexity index is 1160. The average Bonchev–Trinajstić information content (AvgIpc) is 3.54. The molecule has 6 nitrogen and oxygen atoms in total. The van der Waals surface area contributed by atoms with Gasteiger partial charge in [-0.05, 0) is 73.4 Å². The summed E-state index contributed by atoms with van der Waals surface area (Å²) in [4.78, 5) is 37.2. The molecule has 1 saturated carbocycles. The second-order valence-corrected chi connectivity index (χ2v) is 8.19. The van der Waals surface area contributed by atoms with E-state index in [2.05, 4.69) is 22.9 Å². The predicted molar refractivity (Wildman–Crippen MR) is 126 cm³/mol. The maximum atomic E-state index is 12.7. The van der Waals surface area contributed by atoms with Gasteiger partial charge in [-0.25, -0.2) is 0 Å². The third kappa shape index (κ3) is 5.03. The largest absolute Gasteiger partial charge is 0.326 e. The van der Waals surface area contributed by atoms with Gasteiger partial charge in [0.25, 0.3) is 11.8 Å². The highest BCUT2D eigenvalue weighted by molar-refractivity contribution is 6.07. The number of aryl methyl sites for hydroxylation is 1. The third-order valence-corrected chi connectivity index (χ3v) is 5.64. The van der Waals surface area contributed by atoms with Crippen LogP contribution in [0, 0.1) is 18.8 Å². The first-order chi connectivity index (χ1) is 15.4. The molecule has 0 spiro atoms. The van der Waals surface area contributed by atoms with Gasteiger partial charge in [0.2, 0.25) is 5.91 Å². The van der Waals surface area contributed by atoms with Gasteiger partial charge in [-0.1, -0.05) is 31.2 Å². The van der Waals surface area contributed by atoms with Crippen molar-refractivity contribution in [2.45, 2.75) is 20.3 Å². The average molecular weight is 428 g/mol. The summed E-state index contributed by atoms with van der Waals surface area (Å²) in [5, 5.41) is 8.64. The van der Waals surface area contributed by atoms with Crippen molar-refractivity contribution in [3.8, 4) is 0 Å². The molecule has 0 heterocycles. The van der Waals surface area contributed by atoms with E-state index in [1.165, 1.54) is 0 Å². The molecule has 4 rings (SSSR count). The molecule has 1 fully saturated rings. The lowest BCUT2D eigenvalue weighted by Gasteiger charge is -2.12. The fraction of sp³-hybridized carbons (Fsp3) is 0.192. The van der Waals surface area contributed by atoms with Gasteiger partial charge in [-0.2, -0.15) is 0 Å². The maximum absolute atomic E-state index is 12.7. The molecule has 0 radical (unpaired) electrons. The lowest BCUT2D eigenvalue weighted by Crippen LogP contribution is -2.16. The van der Waals surface area contributed by atoms with E-state index in [0.29, 0.717) is 34.1 Å². The number of hydrogen-bond acceptors (Lipinski definition) is 3. The van der Waals surface area contributed by atoms with Crippen molar-refractivity contribution in [3.63, 3.8) is 0 Å². The number of nitrogens with one attached hydrogen (secondary N) is 3. The van der Waals surface area contributed by atoms with Crippen molar-refractivity contribution >= 4 is 34.8 Å². The van der Waals surface area contributed by atoms with Crippen LogP contribution in [0.25, 0.3) is 0 Å². The van der Waals surface area contributed by atoms with E-state index in [1.807, 2.05) is 19.1 Å². The fourth-order valence-corrected chi connectivity index (χ4v) is 3.45. The van der Waals surface area contributed by atoms with Gasteiger partial charge >= 0.3 is 0 Å². The first kappa shape index (κ1) is 21.3. The van der Waals surface area contributed by atoms with Crippen LogP contribution in [0.15, 0.2) is 72.8 Å². The van der Waals surface area contributed by atoms with E-state index in [1.54, 1.807) is 60.7 Å². The standard InChI is InChI=1S/C26H25N3O3/c1-16-8-11-21(28-24(30)18-6-4-3-5-7-18)15-23(16)29-25(31)19-9-12-20(13-10-19)27-26(32)22-14-17(22)2/h3-13,15,17,22H,14H2,1-2H3,(H,27,32)(H,28,30)(H,29,31)/t17-,22+/m0/s1. The molecule has 3 aromatic rings. The molecular formula is C26H25N3O3. The summed E-state index contributed by atoms with van der Waals surface area (Å²) < 4.78 is 0. The van der Waals surface area contributed by atoms with E-state index in [4.69, 9.17) is 0 Å². The molecule has 162 valence electrons. The molecule has 32 heavy (non-hydrogen) atoms. The first-order valence-electron chi connectivity index (χ1n) is 10.6.